The zero-order chi connectivity index (χ0) is 16.8. The molecule has 124 valence electrons. The Morgan fingerprint density at radius 1 is 1.17 bits per heavy atom. The SMILES string of the molecule is CCOC(=O)CCc1ccc2[nH]cc(CCc3ccccn3)c2c1. The maximum Gasteiger partial charge on any atom is 0.306 e. The van der Waals surface area contributed by atoms with E-state index in [0.29, 0.717) is 19.4 Å². The van der Waals surface area contributed by atoms with Crippen LogP contribution in [-0.2, 0) is 28.8 Å². The van der Waals surface area contributed by atoms with Crippen molar-refractivity contribution in [3.05, 3.63) is 65.6 Å². The second-order valence-corrected chi connectivity index (χ2v) is 5.82. The van der Waals surface area contributed by atoms with Crippen molar-refractivity contribution >= 4 is 16.9 Å². The van der Waals surface area contributed by atoms with E-state index >= 15 is 0 Å². The average Bonchev–Trinajstić information content (AvgIpc) is 3.02. The van der Waals surface area contributed by atoms with E-state index in [4.69, 9.17) is 4.74 Å². The number of fused-ring (bicyclic) bond motifs is 1. The van der Waals surface area contributed by atoms with Crippen LogP contribution in [0, 0.1) is 0 Å². The number of aromatic nitrogens is 2. The van der Waals surface area contributed by atoms with E-state index in [1.165, 1.54) is 10.9 Å². The lowest BCUT2D eigenvalue weighted by Crippen LogP contribution is -2.05. The van der Waals surface area contributed by atoms with E-state index in [2.05, 4.69) is 40.4 Å². The fraction of sp³-hybridized carbons (Fsp3) is 0.300. The van der Waals surface area contributed by atoms with Crippen molar-refractivity contribution in [2.75, 3.05) is 6.61 Å². The summed E-state index contributed by atoms with van der Waals surface area (Å²) >= 11 is 0. The Kier molecular flexibility index (Phi) is 5.26. The number of hydrogen-bond acceptors (Lipinski definition) is 3. The number of carbonyl (C=O) groups is 1. The first-order valence-corrected chi connectivity index (χ1v) is 8.40. The zero-order valence-electron chi connectivity index (χ0n) is 13.9. The van der Waals surface area contributed by atoms with Crippen LogP contribution in [0.4, 0.5) is 0 Å². The van der Waals surface area contributed by atoms with Crippen LogP contribution in [-0.4, -0.2) is 22.5 Å². The average molecular weight is 322 g/mol. The van der Waals surface area contributed by atoms with Gasteiger partial charge in [0.1, 0.15) is 0 Å². The van der Waals surface area contributed by atoms with Crippen molar-refractivity contribution in [2.24, 2.45) is 0 Å². The molecule has 4 nitrogen and oxygen atoms in total. The molecule has 0 aliphatic rings. The maximum atomic E-state index is 11.5. The number of nitrogens with one attached hydrogen (secondary N) is 1. The standard InChI is InChI=1S/C20H22N2O2/c1-2-24-20(23)11-7-15-6-10-19-18(13-15)16(14-22-19)8-9-17-5-3-4-12-21-17/h3-6,10,12-14,22H,2,7-9,11H2,1H3. The van der Waals surface area contributed by atoms with Crippen LogP contribution in [0.5, 0.6) is 0 Å². The molecule has 0 unspecified atom stereocenters. The third-order valence-corrected chi connectivity index (χ3v) is 4.13. The molecular weight excluding hydrogens is 300 g/mol. The fourth-order valence-corrected chi connectivity index (χ4v) is 2.88. The molecule has 3 aromatic rings. The van der Waals surface area contributed by atoms with Gasteiger partial charge in [-0.05, 0) is 61.6 Å². The molecule has 1 aromatic carbocycles. The summed E-state index contributed by atoms with van der Waals surface area (Å²) in [7, 11) is 0. The molecule has 24 heavy (non-hydrogen) atoms. The van der Waals surface area contributed by atoms with Gasteiger partial charge in [0.15, 0.2) is 0 Å². The summed E-state index contributed by atoms with van der Waals surface area (Å²) in [5.41, 5.74) is 4.68. The van der Waals surface area contributed by atoms with Gasteiger partial charge in [-0.25, -0.2) is 0 Å². The lowest BCUT2D eigenvalue weighted by atomic mass is 10.0. The third kappa shape index (κ3) is 4.02. The second-order valence-electron chi connectivity index (χ2n) is 5.82. The number of carbonyl (C=O) groups excluding carboxylic acids is 1. The Bertz CT molecular complexity index is 809. The van der Waals surface area contributed by atoms with Crippen LogP contribution in [0.15, 0.2) is 48.8 Å². The highest BCUT2D eigenvalue weighted by atomic mass is 16.5. The van der Waals surface area contributed by atoms with Gasteiger partial charge in [-0.1, -0.05) is 12.1 Å². The Balaban J connectivity index is 1.70. The fourth-order valence-electron chi connectivity index (χ4n) is 2.88. The van der Waals surface area contributed by atoms with Gasteiger partial charge in [-0.3, -0.25) is 9.78 Å². The molecule has 1 N–H and O–H groups in total. The first-order chi connectivity index (χ1) is 11.8. The molecule has 0 saturated heterocycles. The number of hydrogen-bond donors (Lipinski definition) is 1. The number of rotatable bonds is 7. The molecule has 0 fully saturated rings. The Hall–Kier alpha value is -2.62. The highest BCUT2D eigenvalue weighted by molar-refractivity contribution is 5.84. The zero-order valence-corrected chi connectivity index (χ0v) is 13.9. The molecule has 2 aromatic heterocycles. The lowest BCUT2D eigenvalue weighted by Gasteiger charge is -2.04. The first-order valence-electron chi connectivity index (χ1n) is 8.40. The number of H-pyrrole nitrogens is 1. The predicted octanol–water partition coefficient (Wildman–Crippen LogP) is 3.84. The lowest BCUT2D eigenvalue weighted by molar-refractivity contribution is -0.143. The number of benzene rings is 1. The Morgan fingerprint density at radius 3 is 2.88 bits per heavy atom. The van der Waals surface area contributed by atoms with Gasteiger partial charge < -0.3 is 9.72 Å². The van der Waals surface area contributed by atoms with E-state index in [0.717, 1.165) is 29.6 Å². The van der Waals surface area contributed by atoms with Crippen LogP contribution in [0.2, 0.25) is 0 Å². The highest BCUT2D eigenvalue weighted by Gasteiger charge is 2.07. The van der Waals surface area contributed by atoms with Crippen molar-refractivity contribution in [2.45, 2.75) is 32.6 Å². The van der Waals surface area contributed by atoms with E-state index in [1.807, 2.05) is 25.3 Å². The van der Waals surface area contributed by atoms with Crippen LogP contribution >= 0.6 is 0 Å². The third-order valence-electron chi connectivity index (χ3n) is 4.13. The van der Waals surface area contributed by atoms with Crippen LogP contribution in [0.3, 0.4) is 0 Å². The van der Waals surface area contributed by atoms with E-state index in [-0.39, 0.29) is 5.97 Å². The van der Waals surface area contributed by atoms with Crippen molar-refractivity contribution in [3.8, 4) is 0 Å². The topological polar surface area (TPSA) is 55.0 Å². The van der Waals surface area contributed by atoms with Crippen LogP contribution in [0.25, 0.3) is 10.9 Å². The molecule has 0 atom stereocenters. The summed E-state index contributed by atoms with van der Waals surface area (Å²) in [6, 6.07) is 12.3. The molecule has 0 aliphatic heterocycles. The molecule has 3 rings (SSSR count). The van der Waals surface area contributed by atoms with Gasteiger partial charge in [-0.15, -0.1) is 0 Å². The van der Waals surface area contributed by atoms with Crippen LogP contribution in [0.1, 0.15) is 30.2 Å². The number of aryl methyl sites for hydroxylation is 3. The minimum Gasteiger partial charge on any atom is -0.466 e. The minimum atomic E-state index is -0.137. The number of esters is 1. The molecular formula is C20H22N2O2. The summed E-state index contributed by atoms with van der Waals surface area (Å²) in [6.07, 6.45) is 6.90. The summed E-state index contributed by atoms with van der Waals surface area (Å²) in [5, 5.41) is 1.23. The van der Waals surface area contributed by atoms with Gasteiger partial charge in [0, 0.05) is 35.4 Å². The molecule has 0 aliphatic carbocycles. The van der Waals surface area contributed by atoms with Gasteiger partial charge in [-0.2, -0.15) is 0 Å². The summed E-state index contributed by atoms with van der Waals surface area (Å²) < 4.78 is 5.00. The van der Waals surface area contributed by atoms with Crippen molar-refractivity contribution in [1.29, 1.82) is 0 Å². The molecule has 0 bridgehead atoms. The van der Waals surface area contributed by atoms with Gasteiger partial charge in [0.05, 0.1) is 6.61 Å². The Morgan fingerprint density at radius 2 is 2.08 bits per heavy atom. The number of aromatic amines is 1. The van der Waals surface area contributed by atoms with Crippen molar-refractivity contribution < 1.29 is 9.53 Å². The molecule has 0 saturated carbocycles. The van der Waals surface area contributed by atoms with E-state index < -0.39 is 0 Å². The predicted molar refractivity (Wildman–Crippen MR) is 94.9 cm³/mol. The number of nitrogens with zero attached hydrogens (tertiary/aromatic N) is 1. The van der Waals surface area contributed by atoms with Gasteiger partial charge in [0.25, 0.3) is 0 Å². The summed E-state index contributed by atoms with van der Waals surface area (Å²) in [4.78, 5) is 19.2. The van der Waals surface area contributed by atoms with Gasteiger partial charge in [0.2, 0.25) is 0 Å². The van der Waals surface area contributed by atoms with Gasteiger partial charge >= 0.3 is 5.97 Å². The van der Waals surface area contributed by atoms with E-state index in [9.17, 15) is 4.79 Å². The molecule has 0 spiro atoms. The second kappa shape index (κ2) is 7.77. The summed E-state index contributed by atoms with van der Waals surface area (Å²) in [5.74, 6) is -0.137. The van der Waals surface area contributed by atoms with Crippen molar-refractivity contribution in [3.63, 3.8) is 0 Å². The monoisotopic (exact) mass is 322 g/mol. The number of pyridine rings is 1. The Labute approximate surface area is 141 Å². The largest absolute Gasteiger partial charge is 0.466 e. The molecule has 4 heteroatoms. The van der Waals surface area contributed by atoms with E-state index in [1.54, 1.807) is 0 Å². The minimum absolute atomic E-state index is 0.137. The molecule has 2 heterocycles. The molecule has 0 amide bonds. The maximum absolute atomic E-state index is 11.5. The first kappa shape index (κ1) is 16.2. The normalized spacial score (nSPS) is 10.9. The van der Waals surface area contributed by atoms with Crippen molar-refractivity contribution in [1.82, 2.24) is 9.97 Å². The number of ether oxygens (including phenoxy) is 1. The summed E-state index contributed by atoms with van der Waals surface area (Å²) in [6.45, 7) is 2.27. The quantitative estimate of drug-likeness (QED) is 0.672. The van der Waals surface area contributed by atoms with Crippen LogP contribution < -0.4 is 0 Å². The molecule has 0 radical (unpaired) electrons. The highest BCUT2D eigenvalue weighted by Crippen LogP contribution is 2.22. The smallest absolute Gasteiger partial charge is 0.306 e.